The smallest absolute Gasteiger partial charge is 0.211 e. The zero-order valence-corrected chi connectivity index (χ0v) is 7.86. The quantitative estimate of drug-likeness (QED) is 0.429. The fraction of sp³-hybridized carbons (Fsp3) is 0.778. The van der Waals surface area contributed by atoms with E-state index in [9.17, 15) is 8.78 Å². The van der Waals surface area contributed by atoms with Gasteiger partial charge in [0.15, 0.2) is 0 Å². The van der Waals surface area contributed by atoms with Crippen LogP contribution in [-0.2, 0) is 0 Å². The second-order valence-corrected chi connectivity index (χ2v) is 3.18. The molecule has 0 bridgehead atoms. The van der Waals surface area contributed by atoms with Crippen LogP contribution in [0.25, 0.3) is 0 Å². The van der Waals surface area contributed by atoms with Crippen LogP contribution in [0.2, 0.25) is 0 Å². The van der Waals surface area contributed by atoms with E-state index in [0.717, 1.165) is 12.8 Å². The van der Waals surface area contributed by atoms with Crippen LogP contribution in [0.1, 0.15) is 25.7 Å². The highest BCUT2D eigenvalue weighted by Gasteiger charge is 2.07. The Bertz CT molecular complexity index is 115. The molecule has 0 aliphatic heterocycles. The largest absolute Gasteiger partial charge is 0.238 e. The van der Waals surface area contributed by atoms with Crippen LogP contribution in [0.3, 0.4) is 0 Å². The summed E-state index contributed by atoms with van der Waals surface area (Å²) in [5.41, 5.74) is 0. The number of rotatable bonds is 7. The van der Waals surface area contributed by atoms with Crippen molar-refractivity contribution in [3.05, 3.63) is 12.7 Å². The van der Waals surface area contributed by atoms with Gasteiger partial charge in [-0.3, -0.25) is 0 Å². The summed E-state index contributed by atoms with van der Waals surface area (Å²) in [6.07, 6.45) is 1.76. The molecule has 0 radical (unpaired) electrons. The zero-order chi connectivity index (χ0) is 9.40. The van der Waals surface area contributed by atoms with Crippen LogP contribution in [0.4, 0.5) is 8.78 Å². The molecule has 12 heavy (non-hydrogen) atoms. The van der Waals surface area contributed by atoms with Crippen LogP contribution in [0.5, 0.6) is 0 Å². The first kappa shape index (κ1) is 11.9. The molecule has 0 saturated carbocycles. The van der Waals surface area contributed by atoms with E-state index in [2.05, 4.69) is 6.58 Å². The number of halogens is 3. The molecule has 0 nitrogen and oxygen atoms in total. The van der Waals surface area contributed by atoms with Crippen molar-refractivity contribution in [3.63, 3.8) is 0 Å². The summed E-state index contributed by atoms with van der Waals surface area (Å²) in [6.45, 7) is 3.58. The van der Waals surface area contributed by atoms with Crippen molar-refractivity contribution in [2.45, 2.75) is 32.1 Å². The second-order valence-electron chi connectivity index (χ2n) is 2.87. The third-order valence-corrected chi connectivity index (χ3v) is 2.19. The lowest BCUT2D eigenvalue weighted by atomic mass is 10.0. The molecule has 72 valence electrons. The Morgan fingerprint density at radius 3 is 2.42 bits per heavy atom. The number of hydrogen-bond acceptors (Lipinski definition) is 0. The van der Waals surface area contributed by atoms with E-state index < -0.39 is 6.43 Å². The van der Waals surface area contributed by atoms with Crippen molar-refractivity contribution >= 4 is 11.6 Å². The van der Waals surface area contributed by atoms with Gasteiger partial charge in [0.1, 0.15) is 0 Å². The van der Waals surface area contributed by atoms with Gasteiger partial charge in [-0.2, -0.15) is 0 Å². The first-order valence-electron chi connectivity index (χ1n) is 4.15. The molecule has 0 aliphatic carbocycles. The third-order valence-electron chi connectivity index (χ3n) is 1.75. The predicted octanol–water partition coefficient (Wildman–Crippen LogP) is 3.85. The van der Waals surface area contributed by atoms with Crippen molar-refractivity contribution in [2.75, 3.05) is 5.88 Å². The Balaban J connectivity index is 3.37. The molecule has 3 heteroatoms. The van der Waals surface area contributed by atoms with E-state index in [-0.39, 0.29) is 6.42 Å². The average Bonchev–Trinajstić information content (AvgIpc) is 2.02. The van der Waals surface area contributed by atoms with Gasteiger partial charge in [-0.05, 0) is 25.2 Å². The number of alkyl halides is 3. The minimum Gasteiger partial charge on any atom is -0.211 e. The molecule has 0 fully saturated rings. The highest BCUT2D eigenvalue weighted by molar-refractivity contribution is 6.18. The van der Waals surface area contributed by atoms with Crippen LogP contribution >= 0.6 is 11.6 Å². The van der Waals surface area contributed by atoms with E-state index in [1.807, 2.05) is 0 Å². The molecule has 0 saturated heterocycles. The maximum atomic E-state index is 11.7. The van der Waals surface area contributed by atoms with Crippen LogP contribution in [0.15, 0.2) is 12.7 Å². The minimum atomic E-state index is -2.18. The predicted molar refractivity (Wildman–Crippen MR) is 48.9 cm³/mol. The monoisotopic (exact) mass is 196 g/mol. The molecule has 0 rings (SSSR count). The van der Waals surface area contributed by atoms with E-state index in [1.54, 1.807) is 6.08 Å². The highest BCUT2D eigenvalue weighted by atomic mass is 35.5. The number of allylic oxidation sites excluding steroid dienone is 1. The van der Waals surface area contributed by atoms with Crippen molar-refractivity contribution < 1.29 is 8.78 Å². The van der Waals surface area contributed by atoms with E-state index in [4.69, 9.17) is 11.6 Å². The topological polar surface area (TPSA) is 0 Å². The lowest BCUT2D eigenvalue weighted by Gasteiger charge is -2.10. The van der Waals surface area contributed by atoms with Gasteiger partial charge in [-0.25, -0.2) is 8.78 Å². The standard InChI is InChI=1S/C9H15ClF2/c1-2-4-8(7-10)5-3-6-9(11)12/h2,8-9H,1,3-7H2. The van der Waals surface area contributed by atoms with Gasteiger partial charge in [0, 0.05) is 12.3 Å². The van der Waals surface area contributed by atoms with Crippen molar-refractivity contribution in [2.24, 2.45) is 5.92 Å². The SMILES string of the molecule is C=CCC(CCl)CCCC(F)F. The van der Waals surface area contributed by atoms with Gasteiger partial charge < -0.3 is 0 Å². The van der Waals surface area contributed by atoms with Crippen molar-refractivity contribution in [1.29, 1.82) is 0 Å². The Kier molecular flexibility index (Phi) is 7.47. The summed E-state index contributed by atoms with van der Waals surface area (Å²) in [5.74, 6) is 0.859. The molecule has 0 aliphatic rings. The fourth-order valence-electron chi connectivity index (χ4n) is 1.05. The Hall–Kier alpha value is -0.110. The van der Waals surface area contributed by atoms with Crippen molar-refractivity contribution in [1.82, 2.24) is 0 Å². The van der Waals surface area contributed by atoms with Crippen molar-refractivity contribution in [3.8, 4) is 0 Å². The summed E-state index contributed by atoms with van der Waals surface area (Å²) in [4.78, 5) is 0. The highest BCUT2D eigenvalue weighted by Crippen LogP contribution is 2.16. The van der Waals surface area contributed by atoms with Crippen LogP contribution < -0.4 is 0 Å². The Morgan fingerprint density at radius 1 is 1.33 bits per heavy atom. The van der Waals surface area contributed by atoms with Gasteiger partial charge in [0.2, 0.25) is 6.43 Å². The molecular weight excluding hydrogens is 182 g/mol. The molecule has 0 heterocycles. The lowest BCUT2D eigenvalue weighted by Crippen LogP contribution is -2.02. The van der Waals surface area contributed by atoms with Crippen LogP contribution in [-0.4, -0.2) is 12.3 Å². The Morgan fingerprint density at radius 2 is 2.00 bits per heavy atom. The van der Waals surface area contributed by atoms with Gasteiger partial charge in [0.05, 0.1) is 0 Å². The van der Waals surface area contributed by atoms with E-state index in [1.165, 1.54) is 0 Å². The van der Waals surface area contributed by atoms with Gasteiger partial charge in [0.25, 0.3) is 0 Å². The van der Waals surface area contributed by atoms with Gasteiger partial charge in [-0.1, -0.05) is 6.08 Å². The minimum absolute atomic E-state index is 0.00939. The molecule has 0 amide bonds. The first-order chi connectivity index (χ1) is 5.70. The average molecular weight is 197 g/mol. The van der Waals surface area contributed by atoms with Crippen LogP contribution in [0, 0.1) is 5.92 Å². The molecule has 0 N–H and O–H groups in total. The zero-order valence-electron chi connectivity index (χ0n) is 7.11. The molecule has 0 aromatic heterocycles. The summed E-state index contributed by atoms with van der Waals surface area (Å²) < 4.78 is 23.4. The summed E-state index contributed by atoms with van der Waals surface area (Å²) >= 11 is 5.63. The number of hydrogen-bond donors (Lipinski definition) is 0. The Labute approximate surface area is 77.6 Å². The molecule has 1 unspecified atom stereocenters. The summed E-state index contributed by atoms with van der Waals surface area (Å²) in [6, 6.07) is 0. The maximum Gasteiger partial charge on any atom is 0.238 e. The molecule has 1 atom stereocenters. The van der Waals surface area contributed by atoms with E-state index in [0.29, 0.717) is 18.2 Å². The maximum absolute atomic E-state index is 11.7. The first-order valence-corrected chi connectivity index (χ1v) is 4.69. The second kappa shape index (κ2) is 7.53. The normalized spacial score (nSPS) is 13.3. The molecule has 0 spiro atoms. The van der Waals surface area contributed by atoms with E-state index >= 15 is 0 Å². The fourth-order valence-corrected chi connectivity index (χ4v) is 1.33. The lowest BCUT2D eigenvalue weighted by molar-refractivity contribution is 0.132. The van der Waals surface area contributed by atoms with Gasteiger partial charge in [-0.15, -0.1) is 18.2 Å². The molecule has 0 aromatic rings. The third kappa shape index (κ3) is 6.59. The van der Waals surface area contributed by atoms with Gasteiger partial charge >= 0.3 is 0 Å². The summed E-state index contributed by atoms with van der Waals surface area (Å²) in [7, 11) is 0. The summed E-state index contributed by atoms with van der Waals surface area (Å²) in [5, 5.41) is 0. The molecular formula is C9H15ClF2. The molecule has 0 aromatic carbocycles.